The SMILES string of the molecule is CCC1CCNC(C(=O)Nc2cn[nH]c2)C1. The number of aromatic nitrogens is 2. The van der Waals surface area contributed by atoms with Crippen molar-refractivity contribution in [2.75, 3.05) is 11.9 Å². The highest BCUT2D eigenvalue weighted by atomic mass is 16.2. The number of carbonyl (C=O) groups excluding carboxylic acids is 1. The van der Waals surface area contributed by atoms with Crippen molar-refractivity contribution in [3.63, 3.8) is 0 Å². The quantitative estimate of drug-likeness (QED) is 0.718. The maximum absolute atomic E-state index is 11.9. The summed E-state index contributed by atoms with van der Waals surface area (Å²) in [6.07, 6.45) is 6.54. The molecular formula is C11H18N4O. The van der Waals surface area contributed by atoms with E-state index in [4.69, 9.17) is 0 Å². The molecule has 1 aromatic heterocycles. The minimum absolute atomic E-state index is 0.0413. The summed E-state index contributed by atoms with van der Waals surface area (Å²) in [5.74, 6) is 0.709. The van der Waals surface area contributed by atoms with Crippen LogP contribution in [0.4, 0.5) is 5.69 Å². The van der Waals surface area contributed by atoms with Crippen LogP contribution in [0.15, 0.2) is 12.4 Å². The van der Waals surface area contributed by atoms with Crippen molar-refractivity contribution in [1.82, 2.24) is 15.5 Å². The lowest BCUT2D eigenvalue weighted by molar-refractivity contribution is -0.119. The first kappa shape index (κ1) is 11.1. The largest absolute Gasteiger partial charge is 0.322 e. The Morgan fingerprint density at radius 2 is 2.56 bits per heavy atom. The normalized spacial score (nSPS) is 25.3. The molecule has 1 aromatic rings. The average Bonchev–Trinajstić information content (AvgIpc) is 2.82. The van der Waals surface area contributed by atoms with Gasteiger partial charge in [-0.15, -0.1) is 0 Å². The van der Waals surface area contributed by atoms with Gasteiger partial charge in [0.15, 0.2) is 0 Å². The molecule has 16 heavy (non-hydrogen) atoms. The first-order valence-corrected chi connectivity index (χ1v) is 5.82. The third-order valence-corrected chi connectivity index (χ3v) is 3.17. The molecule has 0 aromatic carbocycles. The number of carbonyl (C=O) groups is 1. The molecule has 1 saturated heterocycles. The molecule has 0 aliphatic carbocycles. The van der Waals surface area contributed by atoms with E-state index in [0.29, 0.717) is 5.92 Å². The first-order valence-electron chi connectivity index (χ1n) is 5.82. The van der Waals surface area contributed by atoms with Crippen LogP contribution in [0.5, 0.6) is 0 Å². The zero-order valence-electron chi connectivity index (χ0n) is 9.49. The summed E-state index contributed by atoms with van der Waals surface area (Å²) in [6.45, 7) is 3.11. The van der Waals surface area contributed by atoms with Crippen LogP contribution in [0.1, 0.15) is 26.2 Å². The van der Waals surface area contributed by atoms with Crippen molar-refractivity contribution in [3.05, 3.63) is 12.4 Å². The lowest BCUT2D eigenvalue weighted by Gasteiger charge is -2.28. The van der Waals surface area contributed by atoms with E-state index < -0.39 is 0 Å². The number of aromatic amines is 1. The van der Waals surface area contributed by atoms with E-state index in [2.05, 4.69) is 27.8 Å². The summed E-state index contributed by atoms with van der Waals surface area (Å²) in [6, 6.07) is -0.0615. The van der Waals surface area contributed by atoms with Crippen LogP contribution in [0.2, 0.25) is 0 Å². The Balaban J connectivity index is 1.89. The number of H-pyrrole nitrogens is 1. The molecule has 5 nitrogen and oxygen atoms in total. The fourth-order valence-corrected chi connectivity index (χ4v) is 2.12. The molecule has 0 saturated carbocycles. The van der Waals surface area contributed by atoms with Gasteiger partial charge in [-0.05, 0) is 25.3 Å². The van der Waals surface area contributed by atoms with Gasteiger partial charge in [0, 0.05) is 6.20 Å². The zero-order valence-corrected chi connectivity index (χ0v) is 9.49. The third kappa shape index (κ3) is 2.61. The predicted octanol–water partition coefficient (Wildman–Crippen LogP) is 1.13. The average molecular weight is 222 g/mol. The Labute approximate surface area is 95.0 Å². The summed E-state index contributed by atoms with van der Waals surface area (Å²) in [5.41, 5.74) is 0.727. The predicted molar refractivity (Wildman–Crippen MR) is 62.0 cm³/mol. The van der Waals surface area contributed by atoms with E-state index in [-0.39, 0.29) is 11.9 Å². The van der Waals surface area contributed by atoms with Crippen LogP contribution in [-0.4, -0.2) is 28.7 Å². The minimum Gasteiger partial charge on any atom is -0.322 e. The number of anilines is 1. The molecule has 3 N–H and O–H groups in total. The number of nitrogens with one attached hydrogen (secondary N) is 3. The van der Waals surface area contributed by atoms with E-state index in [1.54, 1.807) is 12.4 Å². The van der Waals surface area contributed by atoms with Crippen LogP contribution in [-0.2, 0) is 4.79 Å². The number of piperidine rings is 1. The maximum atomic E-state index is 11.9. The fraction of sp³-hybridized carbons (Fsp3) is 0.636. The van der Waals surface area contributed by atoms with E-state index in [0.717, 1.165) is 25.1 Å². The highest BCUT2D eigenvalue weighted by Crippen LogP contribution is 2.20. The highest BCUT2D eigenvalue weighted by Gasteiger charge is 2.25. The molecule has 1 aliphatic heterocycles. The number of amides is 1. The molecule has 2 heterocycles. The molecule has 2 unspecified atom stereocenters. The molecule has 1 fully saturated rings. The summed E-state index contributed by atoms with van der Waals surface area (Å²) in [5, 5.41) is 12.6. The smallest absolute Gasteiger partial charge is 0.241 e. The number of nitrogens with zero attached hydrogens (tertiary/aromatic N) is 1. The van der Waals surface area contributed by atoms with E-state index in [1.165, 1.54) is 6.42 Å². The number of rotatable bonds is 3. The van der Waals surface area contributed by atoms with Gasteiger partial charge in [-0.25, -0.2) is 0 Å². The van der Waals surface area contributed by atoms with Crippen LogP contribution < -0.4 is 10.6 Å². The Hall–Kier alpha value is -1.36. The van der Waals surface area contributed by atoms with Gasteiger partial charge >= 0.3 is 0 Å². The molecule has 5 heteroatoms. The molecule has 0 bridgehead atoms. The molecule has 0 spiro atoms. The van der Waals surface area contributed by atoms with Gasteiger partial charge in [-0.3, -0.25) is 9.89 Å². The molecule has 2 atom stereocenters. The third-order valence-electron chi connectivity index (χ3n) is 3.17. The Morgan fingerprint density at radius 1 is 1.69 bits per heavy atom. The van der Waals surface area contributed by atoms with Crippen LogP contribution in [0.25, 0.3) is 0 Å². The Morgan fingerprint density at radius 3 is 3.25 bits per heavy atom. The van der Waals surface area contributed by atoms with Crippen molar-refractivity contribution in [2.24, 2.45) is 5.92 Å². The summed E-state index contributed by atoms with van der Waals surface area (Å²) in [7, 11) is 0. The number of hydrogen-bond acceptors (Lipinski definition) is 3. The standard InChI is InChI=1S/C11H18N4O/c1-2-8-3-4-12-10(5-8)11(16)15-9-6-13-14-7-9/h6-8,10,12H,2-5H2,1H3,(H,13,14)(H,15,16). The van der Waals surface area contributed by atoms with E-state index >= 15 is 0 Å². The van der Waals surface area contributed by atoms with Crippen molar-refractivity contribution < 1.29 is 4.79 Å². The Bertz CT molecular complexity index is 336. The van der Waals surface area contributed by atoms with Crippen LogP contribution in [0, 0.1) is 5.92 Å². The van der Waals surface area contributed by atoms with Crippen molar-refractivity contribution in [1.29, 1.82) is 0 Å². The molecule has 88 valence electrons. The van der Waals surface area contributed by atoms with Crippen molar-refractivity contribution in [3.8, 4) is 0 Å². The molecule has 2 rings (SSSR count). The second-order valence-corrected chi connectivity index (χ2v) is 4.28. The van der Waals surface area contributed by atoms with Gasteiger partial charge < -0.3 is 10.6 Å². The summed E-state index contributed by atoms with van der Waals surface area (Å²) in [4.78, 5) is 11.9. The van der Waals surface area contributed by atoms with Gasteiger partial charge in [0.2, 0.25) is 5.91 Å². The lowest BCUT2D eigenvalue weighted by Crippen LogP contribution is -2.46. The zero-order chi connectivity index (χ0) is 11.4. The second-order valence-electron chi connectivity index (χ2n) is 4.28. The molecular weight excluding hydrogens is 204 g/mol. The van der Waals surface area contributed by atoms with E-state index in [1.807, 2.05) is 0 Å². The van der Waals surface area contributed by atoms with Crippen LogP contribution >= 0.6 is 0 Å². The fourth-order valence-electron chi connectivity index (χ4n) is 2.12. The number of hydrogen-bond donors (Lipinski definition) is 3. The second kappa shape index (κ2) is 5.12. The van der Waals surface area contributed by atoms with Gasteiger partial charge in [0.05, 0.1) is 17.9 Å². The van der Waals surface area contributed by atoms with Crippen molar-refractivity contribution >= 4 is 11.6 Å². The van der Waals surface area contributed by atoms with E-state index in [9.17, 15) is 4.79 Å². The maximum Gasteiger partial charge on any atom is 0.241 e. The molecule has 1 amide bonds. The van der Waals surface area contributed by atoms with Crippen molar-refractivity contribution in [2.45, 2.75) is 32.2 Å². The molecule has 0 radical (unpaired) electrons. The van der Waals surface area contributed by atoms with Gasteiger partial charge in [-0.2, -0.15) is 5.10 Å². The van der Waals surface area contributed by atoms with Crippen LogP contribution in [0.3, 0.4) is 0 Å². The lowest BCUT2D eigenvalue weighted by atomic mass is 9.90. The minimum atomic E-state index is -0.0615. The topological polar surface area (TPSA) is 69.8 Å². The monoisotopic (exact) mass is 222 g/mol. The Kier molecular flexibility index (Phi) is 3.56. The van der Waals surface area contributed by atoms with Gasteiger partial charge in [-0.1, -0.05) is 13.3 Å². The molecule has 1 aliphatic rings. The summed E-state index contributed by atoms with van der Waals surface area (Å²) < 4.78 is 0. The van der Waals surface area contributed by atoms with Gasteiger partial charge in [0.25, 0.3) is 0 Å². The van der Waals surface area contributed by atoms with Gasteiger partial charge in [0.1, 0.15) is 0 Å². The first-order chi connectivity index (χ1) is 7.79. The highest BCUT2D eigenvalue weighted by molar-refractivity contribution is 5.94. The summed E-state index contributed by atoms with van der Waals surface area (Å²) >= 11 is 0.